The van der Waals surface area contributed by atoms with Gasteiger partial charge in [-0.05, 0) is 51.4 Å². The van der Waals surface area contributed by atoms with Gasteiger partial charge >= 0.3 is 0 Å². The van der Waals surface area contributed by atoms with Gasteiger partial charge in [-0.1, -0.05) is 118 Å². The maximum absolute atomic E-state index is 2.35. The van der Waals surface area contributed by atoms with Crippen LogP contribution < -0.4 is 0 Å². The van der Waals surface area contributed by atoms with Gasteiger partial charge in [0, 0.05) is 0 Å². The average Bonchev–Trinajstić information content (AvgIpc) is 2.78. The van der Waals surface area contributed by atoms with Gasteiger partial charge in [-0.3, -0.25) is 0 Å². The molecule has 0 aromatic rings. The van der Waals surface area contributed by atoms with Gasteiger partial charge < -0.3 is 4.48 Å². The Morgan fingerprint density at radius 3 is 0.710 bits per heavy atom. The molecule has 188 valence electrons. The minimum atomic E-state index is 1.37. The van der Waals surface area contributed by atoms with Crippen molar-refractivity contribution < 1.29 is 4.48 Å². The summed E-state index contributed by atoms with van der Waals surface area (Å²) in [6.45, 7) is 15.2. The molecule has 0 aliphatic rings. The predicted octanol–water partition coefficient (Wildman–Crippen LogP) is 10.5. The number of rotatable bonds is 26. The summed E-state index contributed by atoms with van der Waals surface area (Å²) in [5.74, 6) is 0. The second kappa shape index (κ2) is 24.6. The molecule has 0 heterocycles. The van der Waals surface area contributed by atoms with E-state index in [0.29, 0.717) is 0 Å². The first-order chi connectivity index (χ1) is 15.2. The first-order valence-electron chi connectivity index (χ1n) is 15.1. The van der Waals surface area contributed by atoms with Crippen LogP contribution in [0.5, 0.6) is 0 Å². The van der Waals surface area contributed by atoms with Crippen molar-refractivity contribution in [2.75, 3.05) is 26.2 Å². The summed E-state index contributed by atoms with van der Waals surface area (Å²) in [5.41, 5.74) is 0. The van der Waals surface area contributed by atoms with Crippen LogP contribution in [-0.4, -0.2) is 30.7 Å². The first kappa shape index (κ1) is 31.0. The zero-order valence-electron chi connectivity index (χ0n) is 22.8. The van der Waals surface area contributed by atoms with E-state index in [0.717, 1.165) is 0 Å². The van der Waals surface area contributed by atoms with Gasteiger partial charge in [-0.15, -0.1) is 0 Å². The van der Waals surface area contributed by atoms with Crippen LogP contribution in [0.3, 0.4) is 0 Å². The molecule has 0 N–H and O–H groups in total. The predicted molar refractivity (Wildman–Crippen MR) is 144 cm³/mol. The van der Waals surface area contributed by atoms with Crippen LogP contribution in [0.25, 0.3) is 0 Å². The Kier molecular flexibility index (Phi) is 24.6. The van der Waals surface area contributed by atoms with Crippen molar-refractivity contribution in [1.82, 2.24) is 0 Å². The highest BCUT2D eigenvalue weighted by Crippen LogP contribution is 2.20. The summed E-state index contributed by atoms with van der Waals surface area (Å²) in [4.78, 5) is 0. The van der Waals surface area contributed by atoms with Crippen molar-refractivity contribution >= 4 is 0 Å². The Morgan fingerprint density at radius 2 is 0.452 bits per heavy atom. The van der Waals surface area contributed by atoms with Gasteiger partial charge in [0.15, 0.2) is 0 Å². The molecule has 0 fully saturated rings. The summed E-state index contributed by atoms with van der Waals surface area (Å²) in [7, 11) is 0. The zero-order valence-corrected chi connectivity index (χ0v) is 22.8. The third-order valence-electron chi connectivity index (χ3n) is 7.44. The summed E-state index contributed by atoms with van der Waals surface area (Å²) in [6, 6.07) is 0. The van der Waals surface area contributed by atoms with E-state index in [1.54, 1.807) is 0 Å². The van der Waals surface area contributed by atoms with Crippen LogP contribution in [0.1, 0.15) is 169 Å². The lowest BCUT2D eigenvalue weighted by Crippen LogP contribution is -2.50. The molecule has 0 aromatic heterocycles. The Balaban J connectivity index is 4.44. The molecule has 0 aromatic carbocycles. The van der Waals surface area contributed by atoms with Crippen molar-refractivity contribution in [3.63, 3.8) is 0 Å². The lowest BCUT2D eigenvalue weighted by atomic mass is 10.0. The highest BCUT2D eigenvalue weighted by atomic mass is 15.3. The normalized spacial score (nSPS) is 12.0. The standard InChI is InChI=1S/C30H64N/c1-5-9-13-17-18-19-20-21-22-26-30-31(27-23-14-10-6-2,28-24-15-11-7-3)29-25-16-12-8-4/h5-30H2,1-4H3/q+1. The van der Waals surface area contributed by atoms with Gasteiger partial charge in [-0.2, -0.15) is 0 Å². The first-order valence-corrected chi connectivity index (χ1v) is 15.1. The fourth-order valence-corrected chi connectivity index (χ4v) is 5.23. The monoisotopic (exact) mass is 439 g/mol. The highest BCUT2D eigenvalue weighted by Gasteiger charge is 2.25. The Hall–Kier alpha value is -0.0400. The van der Waals surface area contributed by atoms with Crippen LogP contribution in [-0.2, 0) is 0 Å². The molecular formula is C30H64N+. The Morgan fingerprint density at radius 1 is 0.258 bits per heavy atom. The smallest absolute Gasteiger partial charge is 0.0786 e. The van der Waals surface area contributed by atoms with E-state index in [1.807, 2.05) is 0 Å². The molecule has 1 nitrogen and oxygen atoms in total. The quantitative estimate of drug-likeness (QED) is 0.0930. The van der Waals surface area contributed by atoms with Gasteiger partial charge in [0.05, 0.1) is 26.2 Å². The third kappa shape index (κ3) is 20.3. The van der Waals surface area contributed by atoms with E-state index in [2.05, 4.69) is 27.7 Å². The van der Waals surface area contributed by atoms with Crippen molar-refractivity contribution in [3.05, 3.63) is 0 Å². The zero-order chi connectivity index (χ0) is 22.9. The molecule has 0 aliphatic carbocycles. The van der Waals surface area contributed by atoms with Gasteiger partial charge in [0.25, 0.3) is 0 Å². The summed E-state index contributed by atoms with van der Waals surface area (Å²) in [5, 5.41) is 0. The average molecular weight is 439 g/mol. The van der Waals surface area contributed by atoms with Gasteiger partial charge in [0.1, 0.15) is 0 Å². The topological polar surface area (TPSA) is 0 Å². The molecule has 0 amide bonds. The van der Waals surface area contributed by atoms with E-state index < -0.39 is 0 Å². The number of unbranched alkanes of at least 4 members (excludes halogenated alkanes) is 18. The largest absolute Gasteiger partial charge is 0.324 e. The maximum atomic E-state index is 2.35. The van der Waals surface area contributed by atoms with E-state index in [4.69, 9.17) is 0 Å². The molecule has 0 saturated heterocycles. The van der Waals surface area contributed by atoms with Crippen molar-refractivity contribution in [2.24, 2.45) is 0 Å². The summed E-state index contributed by atoms with van der Waals surface area (Å²) >= 11 is 0. The molecule has 0 unspecified atom stereocenters. The molecule has 0 aliphatic heterocycles. The molecule has 0 spiro atoms. The molecule has 0 radical (unpaired) electrons. The number of hydrogen-bond acceptors (Lipinski definition) is 0. The SMILES string of the molecule is CCCCCCCCCCCC[N+](CCCCCC)(CCCCCC)CCCCCC. The molecule has 1 heteroatoms. The van der Waals surface area contributed by atoms with E-state index in [1.165, 1.54) is 172 Å². The second-order valence-electron chi connectivity index (χ2n) is 10.6. The number of hydrogen-bond donors (Lipinski definition) is 0. The lowest BCUT2D eigenvalue weighted by Gasteiger charge is -2.39. The second-order valence-corrected chi connectivity index (χ2v) is 10.6. The molecule has 0 atom stereocenters. The minimum absolute atomic E-state index is 1.37. The number of quaternary nitrogens is 1. The highest BCUT2D eigenvalue weighted by molar-refractivity contribution is 4.54. The van der Waals surface area contributed by atoms with E-state index in [9.17, 15) is 0 Å². The molecule has 0 rings (SSSR count). The van der Waals surface area contributed by atoms with E-state index >= 15 is 0 Å². The van der Waals surface area contributed by atoms with E-state index in [-0.39, 0.29) is 0 Å². The number of nitrogens with zero attached hydrogens (tertiary/aromatic N) is 1. The Labute approximate surface area is 199 Å². The van der Waals surface area contributed by atoms with Crippen molar-refractivity contribution in [2.45, 2.75) is 169 Å². The van der Waals surface area contributed by atoms with Crippen LogP contribution >= 0.6 is 0 Å². The molecular weight excluding hydrogens is 374 g/mol. The van der Waals surface area contributed by atoms with Crippen LogP contribution in [0.15, 0.2) is 0 Å². The Bertz CT molecular complexity index is 293. The molecule has 0 saturated carbocycles. The van der Waals surface area contributed by atoms with Crippen LogP contribution in [0.2, 0.25) is 0 Å². The van der Waals surface area contributed by atoms with Crippen molar-refractivity contribution in [1.29, 1.82) is 0 Å². The summed E-state index contributed by atoms with van der Waals surface area (Å²) < 4.78 is 1.47. The van der Waals surface area contributed by atoms with Crippen molar-refractivity contribution in [3.8, 4) is 0 Å². The van der Waals surface area contributed by atoms with Gasteiger partial charge in [-0.25, -0.2) is 0 Å². The van der Waals surface area contributed by atoms with Crippen LogP contribution in [0.4, 0.5) is 0 Å². The fraction of sp³-hybridized carbons (Fsp3) is 1.00. The lowest BCUT2D eigenvalue weighted by molar-refractivity contribution is -0.929. The summed E-state index contributed by atoms with van der Waals surface area (Å²) in [6.07, 6.45) is 31.8. The third-order valence-corrected chi connectivity index (χ3v) is 7.44. The maximum Gasteiger partial charge on any atom is 0.0786 e. The molecule has 0 bridgehead atoms. The minimum Gasteiger partial charge on any atom is -0.324 e. The molecule has 31 heavy (non-hydrogen) atoms. The van der Waals surface area contributed by atoms with Gasteiger partial charge in [0.2, 0.25) is 0 Å². The fourth-order valence-electron chi connectivity index (χ4n) is 5.23. The van der Waals surface area contributed by atoms with Crippen LogP contribution in [0, 0.1) is 0 Å².